The van der Waals surface area contributed by atoms with Crippen molar-refractivity contribution >= 4 is 22.4 Å². The van der Waals surface area contributed by atoms with E-state index in [1.807, 2.05) is 29.1 Å². The highest BCUT2D eigenvalue weighted by Gasteiger charge is 2.23. The summed E-state index contributed by atoms with van der Waals surface area (Å²) in [6.07, 6.45) is 8.08. The Labute approximate surface area is 129 Å². The molecule has 0 unspecified atom stereocenters. The Morgan fingerprint density at radius 2 is 2.14 bits per heavy atom. The molecule has 3 rings (SSSR count). The lowest BCUT2D eigenvalue weighted by Crippen LogP contribution is -2.26. The molecule has 1 aliphatic carbocycles. The Bertz CT molecular complexity index is 594. The number of aryl methyl sites for hydroxylation is 2. The topological polar surface area (TPSA) is 46.9 Å². The average Bonchev–Trinajstić information content (AvgIpc) is 3.11. The highest BCUT2D eigenvalue weighted by molar-refractivity contribution is 7.15. The second-order valence-electron chi connectivity index (χ2n) is 6.01. The summed E-state index contributed by atoms with van der Waals surface area (Å²) >= 11 is 1.63. The van der Waals surface area contributed by atoms with Crippen LogP contribution in [0.4, 0.5) is 5.13 Å². The molecule has 0 radical (unpaired) electrons. The van der Waals surface area contributed by atoms with Crippen LogP contribution in [0.3, 0.4) is 0 Å². The van der Waals surface area contributed by atoms with E-state index in [-0.39, 0.29) is 11.9 Å². The summed E-state index contributed by atoms with van der Waals surface area (Å²) in [6, 6.07) is 3.75. The number of fused-ring (bicyclic) bond motifs is 1. The van der Waals surface area contributed by atoms with Crippen LogP contribution in [0.2, 0.25) is 0 Å². The molecular weight excluding hydrogens is 282 g/mol. The van der Waals surface area contributed by atoms with Crippen molar-refractivity contribution in [2.45, 2.75) is 45.6 Å². The third-order valence-electron chi connectivity index (χ3n) is 3.81. The first-order chi connectivity index (χ1) is 10.1. The van der Waals surface area contributed by atoms with Crippen LogP contribution in [0.25, 0.3) is 0 Å². The molecule has 0 fully saturated rings. The molecule has 1 aliphatic rings. The zero-order chi connectivity index (χ0) is 14.8. The van der Waals surface area contributed by atoms with Gasteiger partial charge in [0.25, 0.3) is 0 Å². The van der Waals surface area contributed by atoms with E-state index in [0.29, 0.717) is 5.92 Å². The second kappa shape index (κ2) is 6.02. The highest BCUT2D eigenvalue weighted by atomic mass is 32.1. The van der Waals surface area contributed by atoms with Gasteiger partial charge in [0.05, 0.1) is 5.69 Å². The number of thiazole rings is 1. The molecule has 112 valence electrons. The lowest BCUT2D eigenvalue weighted by molar-refractivity contribution is -0.119. The van der Waals surface area contributed by atoms with Gasteiger partial charge in [0.1, 0.15) is 6.04 Å². The third-order valence-corrected chi connectivity index (χ3v) is 4.88. The van der Waals surface area contributed by atoms with Crippen LogP contribution in [-0.2, 0) is 17.6 Å². The smallest absolute Gasteiger partial charge is 0.249 e. The molecule has 1 amide bonds. The van der Waals surface area contributed by atoms with Crippen molar-refractivity contribution in [3.63, 3.8) is 0 Å². The van der Waals surface area contributed by atoms with E-state index in [1.54, 1.807) is 11.3 Å². The Balaban J connectivity index is 1.74. The largest absolute Gasteiger partial charge is 0.342 e. The number of hydrogen-bond donors (Lipinski definition) is 1. The summed E-state index contributed by atoms with van der Waals surface area (Å²) in [7, 11) is 0. The summed E-state index contributed by atoms with van der Waals surface area (Å²) < 4.78 is 1.98. The zero-order valence-electron chi connectivity index (χ0n) is 12.5. The van der Waals surface area contributed by atoms with Crippen LogP contribution in [0.5, 0.6) is 0 Å². The molecule has 0 saturated carbocycles. The normalized spacial score (nSPS) is 15.2. The lowest BCUT2D eigenvalue weighted by Gasteiger charge is -2.19. The maximum atomic E-state index is 12.6. The number of amides is 1. The molecule has 1 atom stereocenters. The van der Waals surface area contributed by atoms with Gasteiger partial charge in [-0.1, -0.05) is 13.8 Å². The van der Waals surface area contributed by atoms with Crippen molar-refractivity contribution in [1.29, 1.82) is 0 Å². The summed E-state index contributed by atoms with van der Waals surface area (Å²) in [5.41, 5.74) is 1.18. The molecule has 4 nitrogen and oxygen atoms in total. The van der Waals surface area contributed by atoms with Crippen molar-refractivity contribution in [2.75, 3.05) is 5.32 Å². The van der Waals surface area contributed by atoms with Crippen molar-refractivity contribution in [1.82, 2.24) is 9.55 Å². The maximum Gasteiger partial charge on any atom is 0.249 e. The Morgan fingerprint density at radius 1 is 1.38 bits per heavy atom. The van der Waals surface area contributed by atoms with Gasteiger partial charge in [0.15, 0.2) is 5.13 Å². The lowest BCUT2D eigenvalue weighted by atomic mass is 10.0. The van der Waals surface area contributed by atoms with E-state index in [0.717, 1.165) is 24.4 Å². The number of carbonyl (C=O) groups is 1. The number of anilines is 1. The first kappa shape index (κ1) is 14.3. The van der Waals surface area contributed by atoms with Gasteiger partial charge in [-0.3, -0.25) is 4.79 Å². The monoisotopic (exact) mass is 303 g/mol. The minimum absolute atomic E-state index is 0.0346. The Kier molecular flexibility index (Phi) is 4.10. The van der Waals surface area contributed by atoms with Gasteiger partial charge in [-0.15, -0.1) is 11.3 Å². The van der Waals surface area contributed by atoms with E-state index in [9.17, 15) is 4.79 Å². The average molecular weight is 303 g/mol. The van der Waals surface area contributed by atoms with Crippen LogP contribution >= 0.6 is 11.3 Å². The fraction of sp³-hybridized carbons (Fsp3) is 0.500. The number of nitrogens with one attached hydrogen (secondary N) is 1. The maximum absolute atomic E-state index is 12.6. The molecule has 0 saturated heterocycles. The van der Waals surface area contributed by atoms with Crippen molar-refractivity contribution in [3.8, 4) is 0 Å². The van der Waals surface area contributed by atoms with Crippen molar-refractivity contribution in [3.05, 3.63) is 35.1 Å². The number of rotatable bonds is 5. The standard InChI is InChI=1S/C16H21N3OS/c1-11(2)10-13(19-8-3-4-9-19)15(20)18-16-17-12-6-5-7-14(12)21-16/h3-4,8-9,11,13H,5-7,10H2,1-2H3,(H,17,18,20)/t13-/m0/s1. The predicted octanol–water partition coefficient (Wildman–Crippen LogP) is 3.66. The molecule has 0 aliphatic heterocycles. The zero-order valence-corrected chi connectivity index (χ0v) is 13.3. The van der Waals surface area contributed by atoms with Crippen LogP contribution < -0.4 is 5.32 Å². The first-order valence-electron chi connectivity index (χ1n) is 7.55. The minimum Gasteiger partial charge on any atom is -0.342 e. The van der Waals surface area contributed by atoms with Gasteiger partial charge in [0, 0.05) is 17.3 Å². The molecule has 0 bridgehead atoms. The van der Waals surface area contributed by atoms with Crippen LogP contribution in [-0.4, -0.2) is 15.5 Å². The van der Waals surface area contributed by atoms with Crippen LogP contribution in [0, 0.1) is 5.92 Å². The summed E-state index contributed by atoms with van der Waals surface area (Å²) in [5, 5.41) is 3.77. The van der Waals surface area contributed by atoms with E-state index in [1.165, 1.54) is 17.0 Å². The number of aromatic nitrogens is 2. The van der Waals surface area contributed by atoms with E-state index >= 15 is 0 Å². The van der Waals surface area contributed by atoms with Gasteiger partial charge in [-0.2, -0.15) is 0 Å². The molecule has 21 heavy (non-hydrogen) atoms. The number of carbonyl (C=O) groups excluding carboxylic acids is 1. The Hall–Kier alpha value is -1.62. The molecule has 5 heteroatoms. The first-order valence-corrected chi connectivity index (χ1v) is 8.37. The molecule has 1 N–H and O–H groups in total. The molecule has 0 spiro atoms. The molecule has 2 aromatic heterocycles. The molecular formula is C16H21N3OS. The SMILES string of the molecule is CC(C)C[C@@H](C(=O)Nc1nc2c(s1)CCC2)n1cccc1. The minimum atomic E-state index is -0.168. The van der Waals surface area contributed by atoms with Crippen LogP contribution in [0.15, 0.2) is 24.5 Å². The van der Waals surface area contributed by atoms with Crippen LogP contribution in [0.1, 0.15) is 43.3 Å². The fourth-order valence-electron chi connectivity index (χ4n) is 2.80. The van der Waals surface area contributed by atoms with E-state index in [4.69, 9.17) is 0 Å². The highest BCUT2D eigenvalue weighted by Crippen LogP contribution is 2.31. The summed E-state index contributed by atoms with van der Waals surface area (Å²) in [5.74, 6) is 0.497. The third kappa shape index (κ3) is 3.18. The predicted molar refractivity (Wildman–Crippen MR) is 85.7 cm³/mol. The second-order valence-corrected chi connectivity index (χ2v) is 7.09. The van der Waals surface area contributed by atoms with Gasteiger partial charge >= 0.3 is 0 Å². The summed E-state index contributed by atoms with van der Waals surface area (Å²) in [6.45, 7) is 4.28. The number of nitrogens with zero attached hydrogens (tertiary/aromatic N) is 2. The van der Waals surface area contributed by atoms with Gasteiger partial charge < -0.3 is 9.88 Å². The molecule has 0 aromatic carbocycles. The van der Waals surface area contributed by atoms with Crippen molar-refractivity contribution in [2.24, 2.45) is 5.92 Å². The van der Waals surface area contributed by atoms with Gasteiger partial charge in [-0.25, -0.2) is 4.98 Å². The van der Waals surface area contributed by atoms with Gasteiger partial charge in [-0.05, 0) is 43.7 Å². The molecule has 2 heterocycles. The number of hydrogen-bond acceptors (Lipinski definition) is 3. The molecule has 2 aromatic rings. The fourth-order valence-corrected chi connectivity index (χ4v) is 3.85. The quantitative estimate of drug-likeness (QED) is 0.916. The summed E-state index contributed by atoms with van der Waals surface area (Å²) in [4.78, 5) is 18.5. The van der Waals surface area contributed by atoms with Gasteiger partial charge in [0.2, 0.25) is 5.91 Å². The van der Waals surface area contributed by atoms with E-state index < -0.39 is 0 Å². The van der Waals surface area contributed by atoms with Crippen molar-refractivity contribution < 1.29 is 4.79 Å². The Morgan fingerprint density at radius 3 is 2.81 bits per heavy atom. The van der Waals surface area contributed by atoms with E-state index in [2.05, 4.69) is 24.1 Å².